The molecule has 0 bridgehead atoms. The van der Waals surface area contributed by atoms with Gasteiger partial charge in [-0.25, -0.2) is 0 Å². The van der Waals surface area contributed by atoms with Gasteiger partial charge in [0, 0.05) is 12.5 Å². The molecule has 0 aliphatic heterocycles. The lowest BCUT2D eigenvalue weighted by molar-refractivity contribution is 0.112. The molecule has 0 saturated carbocycles. The van der Waals surface area contributed by atoms with Crippen molar-refractivity contribution in [2.75, 3.05) is 28.4 Å². The molecular weight excluding hydrogens is 250 g/mol. The van der Waals surface area contributed by atoms with Crippen LogP contribution in [-0.2, 0) is 0 Å². The van der Waals surface area contributed by atoms with E-state index in [-0.39, 0.29) is 0 Å². The molecule has 0 atom stereocenters. The molecule has 1 aromatic carbocycles. The van der Waals surface area contributed by atoms with Crippen LogP contribution in [0.2, 0.25) is 0 Å². The van der Waals surface area contributed by atoms with Gasteiger partial charge in [0.15, 0.2) is 17.8 Å². The zero-order valence-electron chi connectivity index (χ0n) is 11.3. The summed E-state index contributed by atoms with van der Waals surface area (Å²) in [7, 11) is 5.63. The number of rotatable bonds is 4. The zero-order valence-corrected chi connectivity index (χ0v) is 11.3. The van der Waals surface area contributed by atoms with Crippen LogP contribution in [0.1, 0.15) is 10.5 Å². The fourth-order valence-corrected chi connectivity index (χ4v) is 1.83. The first-order chi connectivity index (χ1) is 9.24. The number of ether oxygens (including phenoxy) is 3. The van der Waals surface area contributed by atoms with Gasteiger partial charge < -0.3 is 24.3 Å². The number of aliphatic hydroxyl groups excluding tert-OH is 1. The van der Waals surface area contributed by atoms with Crippen LogP contribution in [-0.4, -0.2) is 44.8 Å². The van der Waals surface area contributed by atoms with E-state index in [2.05, 4.69) is 4.98 Å². The molecule has 0 aliphatic carbocycles. The summed E-state index contributed by atoms with van der Waals surface area (Å²) in [6, 6.07) is 3.52. The van der Waals surface area contributed by atoms with Crippen LogP contribution in [0.5, 0.6) is 17.2 Å². The molecule has 6 nitrogen and oxygen atoms in total. The van der Waals surface area contributed by atoms with E-state index >= 15 is 0 Å². The Kier molecular flexibility index (Phi) is 5.20. The molecule has 19 heavy (non-hydrogen) atoms. The largest absolute Gasteiger partial charge is 0.493 e. The molecule has 1 heterocycles. The summed E-state index contributed by atoms with van der Waals surface area (Å²) in [5.41, 5.74) is 1.20. The summed E-state index contributed by atoms with van der Waals surface area (Å²) in [5.74, 6) is 1.59. The summed E-state index contributed by atoms with van der Waals surface area (Å²) in [5, 5.41) is 7.83. The summed E-state index contributed by atoms with van der Waals surface area (Å²) >= 11 is 0. The Balaban J connectivity index is 0.000000861. The van der Waals surface area contributed by atoms with Gasteiger partial charge in [0.25, 0.3) is 0 Å². The number of H-pyrrole nitrogens is 1. The standard InChI is InChI=1S/C12H13NO4.CH4O/c1-15-9-5-7-4-8(6-14)13-10(7)12(17-3)11(9)16-2;1-2/h4-6,13H,1-3H3;2H,1H3. The van der Waals surface area contributed by atoms with Crippen molar-refractivity contribution in [3.63, 3.8) is 0 Å². The number of hydrogen-bond acceptors (Lipinski definition) is 5. The maximum Gasteiger partial charge on any atom is 0.205 e. The minimum Gasteiger partial charge on any atom is -0.493 e. The Labute approximate surface area is 110 Å². The van der Waals surface area contributed by atoms with Gasteiger partial charge >= 0.3 is 0 Å². The predicted molar refractivity (Wildman–Crippen MR) is 71.5 cm³/mol. The van der Waals surface area contributed by atoms with Crippen LogP contribution in [0.4, 0.5) is 0 Å². The fourth-order valence-electron chi connectivity index (χ4n) is 1.83. The quantitative estimate of drug-likeness (QED) is 0.823. The Morgan fingerprint density at radius 3 is 2.16 bits per heavy atom. The van der Waals surface area contributed by atoms with Crippen molar-refractivity contribution >= 4 is 17.2 Å². The SMILES string of the molecule is CO.COc1cc2cc(C=O)[nH]c2c(OC)c1OC. The molecule has 104 valence electrons. The van der Waals surface area contributed by atoms with E-state index in [9.17, 15) is 4.79 Å². The van der Waals surface area contributed by atoms with Crippen LogP contribution in [0.25, 0.3) is 10.9 Å². The van der Waals surface area contributed by atoms with Crippen molar-refractivity contribution in [3.8, 4) is 17.2 Å². The van der Waals surface area contributed by atoms with Gasteiger partial charge in [-0.3, -0.25) is 4.79 Å². The summed E-state index contributed by atoms with van der Waals surface area (Å²) in [6.45, 7) is 0. The molecule has 0 spiro atoms. The normalized spacial score (nSPS) is 9.53. The first-order valence-corrected chi connectivity index (χ1v) is 5.46. The summed E-state index contributed by atoms with van der Waals surface area (Å²) in [4.78, 5) is 13.7. The Bertz CT molecular complexity index is 562. The number of methoxy groups -OCH3 is 3. The molecule has 2 N–H and O–H groups in total. The number of carbonyl (C=O) groups is 1. The second kappa shape index (κ2) is 6.65. The highest BCUT2D eigenvalue weighted by Gasteiger charge is 2.17. The highest BCUT2D eigenvalue weighted by molar-refractivity contribution is 5.94. The number of hydrogen-bond donors (Lipinski definition) is 2. The van der Waals surface area contributed by atoms with Crippen LogP contribution >= 0.6 is 0 Å². The van der Waals surface area contributed by atoms with Gasteiger partial charge in [0.05, 0.1) is 32.5 Å². The molecule has 0 saturated heterocycles. The van der Waals surface area contributed by atoms with E-state index in [4.69, 9.17) is 19.3 Å². The van der Waals surface area contributed by atoms with Crippen molar-refractivity contribution in [1.29, 1.82) is 0 Å². The van der Waals surface area contributed by atoms with Crippen LogP contribution in [0.15, 0.2) is 12.1 Å². The molecular formula is C13H17NO5. The Morgan fingerprint density at radius 2 is 1.68 bits per heavy atom. The fraction of sp³-hybridized carbons (Fsp3) is 0.308. The topological polar surface area (TPSA) is 80.8 Å². The zero-order chi connectivity index (χ0) is 14.4. The molecule has 6 heteroatoms. The Morgan fingerprint density at radius 1 is 1.05 bits per heavy atom. The van der Waals surface area contributed by atoms with E-state index in [1.165, 1.54) is 14.2 Å². The maximum absolute atomic E-state index is 10.8. The minimum absolute atomic E-state index is 0.480. The summed E-state index contributed by atoms with van der Waals surface area (Å²) in [6.07, 6.45) is 0.748. The average molecular weight is 267 g/mol. The Hall–Kier alpha value is -2.21. The lowest BCUT2D eigenvalue weighted by Gasteiger charge is -2.12. The van der Waals surface area contributed by atoms with Crippen molar-refractivity contribution in [3.05, 3.63) is 17.8 Å². The van der Waals surface area contributed by atoms with Crippen LogP contribution in [0.3, 0.4) is 0 Å². The van der Waals surface area contributed by atoms with Crippen molar-refractivity contribution < 1.29 is 24.1 Å². The van der Waals surface area contributed by atoms with Crippen molar-refractivity contribution in [2.24, 2.45) is 0 Å². The number of aromatic amines is 1. The highest BCUT2D eigenvalue weighted by atomic mass is 16.5. The monoisotopic (exact) mass is 267 g/mol. The first-order valence-electron chi connectivity index (χ1n) is 5.46. The summed E-state index contributed by atoms with van der Waals surface area (Å²) < 4.78 is 15.8. The van der Waals surface area contributed by atoms with E-state index < -0.39 is 0 Å². The van der Waals surface area contributed by atoms with Gasteiger partial charge in [-0.15, -0.1) is 0 Å². The second-order valence-electron chi connectivity index (χ2n) is 3.45. The van der Waals surface area contributed by atoms with Gasteiger partial charge in [0.2, 0.25) is 5.75 Å². The van der Waals surface area contributed by atoms with Crippen molar-refractivity contribution in [2.45, 2.75) is 0 Å². The van der Waals surface area contributed by atoms with E-state index in [1.807, 2.05) is 0 Å². The van der Waals surface area contributed by atoms with Gasteiger partial charge in [-0.2, -0.15) is 0 Å². The number of nitrogens with one attached hydrogen (secondary N) is 1. The number of aromatic nitrogens is 1. The lowest BCUT2D eigenvalue weighted by atomic mass is 10.2. The van der Waals surface area contributed by atoms with Crippen molar-refractivity contribution in [1.82, 2.24) is 4.98 Å². The van der Waals surface area contributed by atoms with Gasteiger partial charge in [-0.05, 0) is 12.1 Å². The van der Waals surface area contributed by atoms with Crippen LogP contribution in [0, 0.1) is 0 Å². The third-order valence-corrected chi connectivity index (χ3v) is 2.57. The minimum atomic E-state index is 0.480. The predicted octanol–water partition coefficient (Wildman–Crippen LogP) is 1.61. The molecule has 1 aromatic heterocycles. The number of benzene rings is 1. The number of carbonyl (C=O) groups excluding carboxylic acids is 1. The smallest absolute Gasteiger partial charge is 0.205 e. The molecule has 2 aromatic rings. The molecule has 2 rings (SSSR count). The molecule has 0 aliphatic rings. The van der Waals surface area contributed by atoms with Crippen LogP contribution < -0.4 is 14.2 Å². The van der Waals surface area contributed by atoms with E-state index in [0.717, 1.165) is 18.8 Å². The average Bonchev–Trinajstić information content (AvgIpc) is 2.89. The molecule has 0 amide bonds. The number of fused-ring (bicyclic) bond motifs is 1. The highest BCUT2D eigenvalue weighted by Crippen LogP contribution is 2.42. The van der Waals surface area contributed by atoms with E-state index in [0.29, 0.717) is 28.5 Å². The van der Waals surface area contributed by atoms with Gasteiger partial charge in [-0.1, -0.05) is 0 Å². The molecule has 0 radical (unpaired) electrons. The number of aliphatic hydroxyl groups is 1. The lowest BCUT2D eigenvalue weighted by Crippen LogP contribution is -1.95. The maximum atomic E-state index is 10.8. The molecule has 0 unspecified atom stereocenters. The van der Waals surface area contributed by atoms with E-state index in [1.54, 1.807) is 19.2 Å². The first kappa shape index (κ1) is 14.8. The molecule has 0 fully saturated rings. The number of aldehydes is 1. The third kappa shape index (κ3) is 2.63. The third-order valence-electron chi connectivity index (χ3n) is 2.57. The van der Waals surface area contributed by atoms with Gasteiger partial charge in [0.1, 0.15) is 0 Å². The second-order valence-corrected chi connectivity index (χ2v) is 3.45.